The summed E-state index contributed by atoms with van der Waals surface area (Å²) >= 11 is 0. The van der Waals surface area contributed by atoms with Crippen molar-refractivity contribution in [2.45, 2.75) is 73.2 Å². The fourth-order valence-corrected chi connectivity index (χ4v) is 3.53. The summed E-state index contributed by atoms with van der Waals surface area (Å²) in [6.07, 6.45) is 3.52. The predicted molar refractivity (Wildman–Crippen MR) is 160 cm³/mol. The first-order chi connectivity index (χ1) is 19.7. The molecule has 9 heteroatoms. The molecule has 0 aliphatic carbocycles. The van der Waals surface area contributed by atoms with E-state index in [1.807, 2.05) is 74.5 Å². The standard InChI is InChI=1S/C33H40N2O7/c1-23(15-12-13-20-35(30(36)40-32(3,4)5)42-31(37)41-33(6,7)8)26-18-14-19-27(21-26)38-22-28-24(2)39-29(34-28)25-16-10-9-11-17-25/h9-19,21H,20,22H2,1-8H3/b13-12+,23-15-. The number of carbonyl (C=O) groups excluding carboxylic acids is 2. The number of allylic oxidation sites excluding steroid dienone is 3. The number of oxazole rings is 1. The highest BCUT2D eigenvalue weighted by Crippen LogP contribution is 2.24. The molecule has 0 atom stereocenters. The van der Waals surface area contributed by atoms with Gasteiger partial charge in [-0.2, -0.15) is 0 Å². The number of hydrogen-bond acceptors (Lipinski definition) is 8. The normalized spacial score (nSPS) is 12.2. The van der Waals surface area contributed by atoms with Crippen LogP contribution in [0.25, 0.3) is 17.0 Å². The van der Waals surface area contributed by atoms with Gasteiger partial charge in [0.25, 0.3) is 0 Å². The average Bonchev–Trinajstić information content (AvgIpc) is 3.28. The third kappa shape index (κ3) is 10.5. The number of hydroxylamine groups is 2. The molecule has 1 amide bonds. The zero-order valence-electron chi connectivity index (χ0n) is 25.6. The minimum Gasteiger partial charge on any atom is -0.487 e. The minimum atomic E-state index is -0.998. The number of amides is 1. The van der Waals surface area contributed by atoms with Crippen LogP contribution in [-0.4, -0.2) is 40.0 Å². The van der Waals surface area contributed by atoms with Crippen molar-refractivity contribution in [3.63, 3.8) is 0 Å². The van der Waals surface area contributed by atoms with Crippen molar-refractivity contribution < 1.29 is 33.1 Å². The predicted octanol–water partition coefficient (Wildman–Crippen LogP) is 8.29. The Balaban J connectivity index is 1.63. The fraction of sp³-hybridized carbons (Fsp3) is 0.364. The lowest BCUT2D eigenvalue weighted by Crippen LogP contribution is -2.39. The van der Waals surface area contributed by atoms with Crippen molar-refractivity contribution >= 4 is 17.8 Å². The highest BCUT2D eigenvalue weighted by atomic mass is 16.8. The van der Waals surface area contributed by atoms with Crippen LogP contribution >= 0.6 is 0 Å². The summed E-state index contributed by atoms with van der Waals surface area (Å²) in [5.74, 6) is 1.96. The van der Waals surface area contributed by atoms with E-state index in [1.54, 1.807) is 53.7 Å². The van der Waals surface area contributed by atoms with Crippen molar-refractivity contribution in [1.29, 1.82) is 0 Å². The van der Waals surface area contributed by atoms with Crippen molar-refractivity contribution in [3.8, 4) is 17.2 Å². The molecule has 0 fully saturated rings. The Bertz CT molecular complexity index is 1410. The molecule has 0 unspecified atom stereocenters. The number of rotatable bonds is 8. The van der Waals surface area contributed by atoms with Gasteiger partial charge in [0.1, 0.15) is 35.0 Å². The molecule has 224 valence electrons. The lowest BCUT2D eigenvalue weighted by molar-refractivity contribution is -0.130. The second-order valence-electron chi connectivity index (χ2n) is 11.6. The van der Waals surface area contributed by atoms with Gasteiger partial charge in [-0.3, -0.25) is 4.84 Å². The molecule has 0 saturated heterocycles. The van der Waals surface area contributed by atoms with Crippen LogP contribution in [0, 0.1) is 6.92 Å². The Labute approximate surface area is 247 Å². The molecule has 0 bridgehead atoms. The van der Waals surface area contributed by atoms with E-state index in [-0.39, 0.29) is 13.2 Å². The van der Waals surface area contributed by atoms with Gasteiger partial charge in [0.05, 0.1) is 6.54 Å². The third-order valence-electron chi connectivity index (χ3n) is 5.50. The maximum atomic E-state index is 12.6. The Morgan fingerprint density at radius 3 is 2.31 bits per heavy atom. The summed E-state index contributed by atoms with van der Waals surface area (Å²) < 4.78 is 22.4. The van der Waals surface area contributed by atoms with Gasteiger partial charge in [-0.1, -0.05) is 48.6 Å². The Kier molecular flexibility index (Phi) is 10.6. The number of carbonyl (C=O) groups is 2. The first kappa shape index (κ1) is 32.0. The summed E-state index contributed by atoms with van der Waals surface area (Å²) in [5.41, 5.74) is 2.01. The molecule has 2 aromatic carbocycles. The van der Waals surface area contributed by atoms with Gasteiger partial charge in [-0.15, -0.1) is 5.06 Å². The van der Waals surface area contributed by atoms with E-state index in [1.165, 1.54) is 0 Å². The number of benzene rings is 2. The molecule has 0 N–H and O–H groups in total. The van der Waals surface area contributed by atoms with Crippen LogP contribution in [0.3, 0.4) is 0 Å². The minimum absolute atomic E-state index is 0.0386. The molecule has 0 saturated carbocycles. The Hall–Kier alpha value is -4.53. The van der Waals surface area contributed by atoms with Gasteiger partial charge in [0, 0.05) is 5.56 Å². The van der Waals surface area contributed by atoms with Gasteiger partial charge >= 0.3 is 12.2 Å². The molecule has 1 heterocycles. The molecule has 0 spiro atoms. The van der Waals surface area contributed by atoms with Crippen LogP contribution in [0.1, 0.15) is 65.5 Å². The Morgan fingerprint density at radius 2 is 1.64 bits per heavy atom. The molecular formula is C33H40N2O7. The molecule has 3 aromatic rings. The summed E-state index contributed by atoms with van der Waals surface area (Å²) in [4.78, 5) is 34.5. The smallest absolute Gasteiger partial charge is 0.487 e. The molecule has 9 nitrogen and oxygen atoms in total. The first-order valence-corrected chi connectivity index (χ1v) is 13.7. The quantitative estimate of drug-likeness (QED) is 0.150. The zero-order chi connectivity index (χ0) is 30.9. The molecule has 0 aliphatic rings. The number of hydrogen-bond donors (Lipinski definition) is 0. The van der Waals surface area contributed by atoms with E-state index in [0.717, 1.165) is 27.5 Å². The van der Waals surface area contributed by atoms with E-state index in [2.05, 4.69) is 4.98 Å². The zero-order valence-corrected chi connectivity index (χ0v) is 25.6. The van der Waals surface area contributed by atoms with E-state index in [9.17, 15) is 9.59 Å². The van der Waals surface area contributed by atoms with E-state index < -0.39 is 23.5 Å². The van der Waals surface area contributed by atoms with Crippen LogP contribution in [0.4, 0.5) is 9.59 Å². The lowest BCUT2D eigenvalue weighted by Gasteiger charge is -2.26. The highest BCUT2D eigenvalue weighted by molar-refractivity contribution is 5.70. The average molecular weight is 577 g/mol. The maximum absolute atomic E-state index is 12.6. The third-order valence-corrected chi connectivity index (χ3v) is 5.50. The second-order valence-corrected chi connectivity index (χ2v) is 11.6. The molecule has 42 heavy (non-hydrogen) atoms. The van der Waals surface area contributed by atoms with Crippen molar-refractivity contribution in [3.05, 3.63) is 89.8 Å². The lowest BCUT2D eigenvalue weighted by atomic mass is 10.1. The van der Waals surface area contributed by atoms with Crippen molar-refractivity contribution in [1.82, 2.24) is 10.0 Å². The molecule has 1 aromatic heterocycles. The summed E-state index contributed by atoms with van der Waals surface area (Å²) in [6, 6.07) is 17.4. The summed E-state index contributed by atoms with van der Waals surface area (Å²) in [6.45, 7) is 14.4. The van der Waals surface area contributed by atoms with E-state index in [4.69, 9.17) is 23.5 Å². The number of aryl methyl sites for hydroxylation is 1. The van der Waals surface area contributed by atoms with Crippen molar-refractivity contribution in [2.24, 2.45) is 0 Å². The Morgan fingerprint density at radius 1 is 0.952 bits per heavy atom. The van der Waals surface area contributed by atoms with Gasteiger partial charge in [-0.05, 0) is 90.8 Å². The van der Waals surface area contributed by atoms with Crippen LogP contribution in [-0.2, 0) is 20.9 Å². The van der Waals surface area contributed by atoms with Crippen LogP contribution < -0.4 is 4.74 Å². The molecular weight excluding hydrogens is 536 g/mol. The van der Waals surface area contributed by atoms with Gasteiger partial charge in [0.2, 0.25) is 5.89 Å². The number of aromatic nitrogens is 1. The van der Waals surface area contributed by atoms with Crippen LogP contribution in [0.15, 0.2) is 77.2 Å². The first-order valence-electron chi connectivity index (χ1n) is 13.7. The summed E-state index contributed by atoms with van der Waals surface area (Å²) in [7, 11) is 0. The fourth-order valence-electron chi connectivity index (χ4n) is 3.53. The number of nitrogens with zero attached hydrogens (tertiary/aromatic N) is 2. The molecule has 0 radical (unpaired) electrons. The van der Waals surface area contributed by atoms with Gasteiger partial charge in [-0.25, -0.2) is 14.6 Å². The van der Waals surface area contributed by atoms with E-state index >= 15 is 0 Å². The largest absolute Gasteiger partial charge is 0.534 e. The second kappa shape index (κ2) is 13.9. The SMILES string of the molecule is C/C(=C/C=C/CN(OC(=O)OC(C)(C)C)C(=O)OC(C)(C)C)c1cccc(OCc2nc(-c3ccccc3)oc2C)c1. The van der Waals surface area contributed by atoms with Gasteiger partial charge in [0.15, 0.2) is 0 Å². The van der Waals surface area contributed by atoms with Crippen LogP contribution in [0.2, 0.25) is 0 Å². The van der Waals surface area contributed by atoms with Crippen LogP contribution in [0.5, 0.6) is 5.75 Å². The molecule has 3 rings (SSSR count). The highest BCUT2D eigenvalue weighted by Gasteiger charge is 2.27. The topological polar surface area (TPSA) is 100 Å². The van der Waals surface area contributed by atoms with Gasteiger partial charge < -0.3 is 18.6 Å². The maximum Gasteiger partial charge on any atom is 0.534 e. The molecule has 0 aliphatic heterocycles. The monoisotopic (exact) mass is 576 g/mol. The van der Waals surface area contributed by atoms with Crippen molar-refractivity contribution in [2.75, 3.05) is 6.54 Å². The number of ether oxygens (including phenoxy) is 3. The van der Waals surface area contributed by atoms with E-state index in [0.29, 0.717) is 17.4 Å². The summed E-state index contributed by atoms with van der Waals surface area (Å²) in [5, 5.41) is 0.822.